The third-order valence-electron chi connectivity index (χ3n) is 5.06. The van der Waals surface area contributed by atoms with Crippen molar-refractivity contribution in [1.29, 1.82) is 0 Å². The van der Waals surface area contributed by atoms with Gasteiger partial charge in [0.15, 0.2) is 6.29 Å². The predicted molar refractivity (Wildman–Crippen MR) is 105 cm³/mol. The topological polar surface area (TPSA) is 150 Å². The second-order valence-corrected chi connectivity index (χ2v) is 7.38. The van der Waals surface area contributed by atoms with Crippen molar-refractivity contribution in [2.24, 2.45) is 4.99 Å². The Morgan fingerprint density at radius 2 is 1.77 bits per heavy atom. The number of rotatable bonds is 6. The Morgan fingerprint density at radius 1 is 1.07 bits per heavy atom. The Bertz CT molecular complexity index is 744. The highest BCUT2D eigenvalue weighted by Crippen LogP contribution is 2.30. The molecule has 0 bridgehead atoms. The van der Waals surface area contributed by atoms with Gasteiger partial charge in [0.25, 0.3) is 0 Å². The third-order valence-corrected chi connectivity index (χ3v) is 5.16. The number of nitrogens with zero attached hydrogens (tertiary/aromatic N) is 1. The third kappa shape index (κ3) is 5.21. The van der Waals surface area contributed by atoms with E-state index >= 15 is 0 Å². The molecular formula is C19H25NO9S. The average Bonchev–Trinajstić information content (AvgIpc) is 2.72. The molecule has 0 amide bonds. The lowest BCUT2D eigenvalue weighted by Crippen LogP contribution is -2.63. The maximum Gasteiger partial charge on any atom is 0.229 e. The normalized spacial score (nSPS) is 39.2. The number of ether oxygens (including phenoxy) is 4. The molecule has 11 heteroatoms. The minimum atomic E-state index is -1.47. The van der Waals surface area contributed by atoms with Gasteiger partial charge in [0.05, 0.1) is 29.7 Å². The molecule has 0 radical (unpaired) electrons. The van der Waals surface area contributed by atoms with E-state index in [1.54, 1.807) is 31.2 Å². The van der Waals surface area contributed by atoms with Gasteiger partial charge in [-0.15, -0.1) is 0 Å². The highest BCUT2D eigenvalue weighted by molar-refractivity contribution is 7.78. The van der Waals surface area contributed by atoms with Gasteiger partial charge < -0.3 is 44.5 Å². The first-order chi connectivity index (χ1) is 14.3. The molecule has 2 aliphatic heterocycles. The number of aliphatic imine (C=N–C) groups is 1. The standard InChI is InChI=1S/C19H25NO9S/c1-9-12(22)6-13(23)18(26-9)29-17-15(24)14(7-21)28-19(16(17)25)27-11-4-2-10(3-5-11)20-8-30/h2-5,9,12-19,21-25H,6-7H2,1H3/t9-,12+,13+,14-,15-,16+,17+,18-,19+/m1/s1. The number of hydrogen-bond acceptors (Lipinski definition) is 11. The smallest absolute Gasteiger partial charge is 0.229 e. The molecule has 2 fully saturated rings. The average molecular weight is 443 g/mol. The summed E-state index contributed by atoms with van der Waals surface area (Å²) in [6.07, 6.45) is -10.4. The summed E-state index contributed by atoms with van der Waals surface area (Å²) in [6, 6.07) is 6.39. The fraction of sp³-hybridized carbons (Fsp3) is 0.632. The first kappa shape index (κ1) is 23.2. The summed E-state index contributed by atoms with van der Waals surface area (Å²) in [6.45, 7) is 1.06. The van der Waals surface area contributed by atoms with Crippen molar-refractivity contribution in [1.82, 2.24) is 0 Å². The SMILES string of the molecule is C[C@H]1O[C@H](O[C@@H]2[C@H](O)[C@@H](Oc3ccc(N=C=S)cc3)O[C@H](CO)[C@H]2O)[C@@H](O)C[C@@H]1O. The van der Waals surface area contributed by atoms with Gasteiger partial charge in [0, 0.05) is 6.42 Å². The molecule has 30 heavy (non-hydrogen) atoms. The van der Waals surface area contributed by atoms with Gasteiger partial charge in [-0.25, -0.2) is 0 Å². The van der Waals surface area contributed by atoms with Crippen molar-refractivity contribution in [3.63, 3.8) is 0 Å². The van der Waals surface area contributed by atoms with Gasteiger partial charge in [0.1, 0.15) is 36.3 Å². The second kappa shape index (κ2) is 10.2. The molecule has 2 heterocycles. The van der Waals surface area contributed by atoms with Crippen molar-refractivity contribution >= 4 is 23.1 Å². The fourth-order valence-electron chi connectivity index (χ4n) is 3.32. The quantitative estimate of drug-likeness (QED) is 0.287. The summed E-state index contributed by atoms with van der Waals surface area (Å²) in [5.41, 5.74) is 0.562. The van der Waals surface area contributed by atoms with Gasteiger partial charge in [-0.2, -0.15) is 4.99 Å². The van der Waals surface area contributed by atoms with E-state index in [9.17, 15) is 25.5 Å². The highest BCUT2D eigenvalue weighted by Gasteiger charge is 2.49. The molecule has 10 nitrogen and oxygen atoms in total. The molecule has 2 saturated heterocycles. The van der Waals surface area contributed by atoms with Crippen LogP contribution in [-0.4, -0.2) is 92.6 Å². The molecule has 2 aliphatic rings. The van der Waals surface area contributed by atoms with Crippen molar-refractivity contribution in [2.75, 3.05) is 6.61 Å². The van der Waals surface area contributed by atoms with E-state index in [0.717, 1.165) is 0 Å². The van der Waals surface area contributed by atoms with Crippen LogP contribution in [-0.2, 0) is 14.2 Å². The summed E-state index contributed by atoms with van der Waals surface area (Å²) in [5.74, 6) is 0.333. The van der Waals surface area contributed by atoms with E-state index in [-0.39, 0.29) is 6.42 Å². The van der Waals surface area contributed by atoms with Crippen LogP contribution in [0.2, 0.25) is 0 Å². The molecule has 0 unspecified atom stereocenters. The van der Waals surface area contributed by atoms with Gasteiger partial charge >= 0.3 is 0 Å². The van der Waals surface area contributed by atoms with Crippen molar-refractivity contribution in [3.05, 3.63) is 24.3 Å². The van der Waals surface area contributed by atoms with Crippen LogP contribution in [0.4, 0.5) is 5.69 Å². The Balaban J connectivity index is 1.73. The van der Waals surface area contributed by atoms with E-state index in [1.807, 2.05) is 0 Å². The maximum absolute atomic E-state index is 10.7. The molecule has 0 saturated carbocycles. The number of aliphatic hydroxyl groups excluding tert-OH is 5. The van der Waals surface area contributed by atoms with Crippen LogP contribution in [0.3, 0.4) is 0 Å². The Hall–Kier alpha value is -1.50. The van der Waals surface area contributed by atoms with E-state index in [2.05, 4.69) is 22.4 Å². The molecule has 1 aromatic carbocycles. The molecule has 0 aromatic heterocycles. The minimum Gasteiger partial charge on any atom is -0.462 e. The minimum absolute atomic E-state index is 0.0150. The van der Waals surface area contributed by atoms with Gasteiger partial charge in [-0.3, -0.25) is 0 Å². The summed E-state index contributed by atoms with van der Waals surface area (Å²) in [5, 5.41) is 52.9. The largest absolute Gasteiger partial charge is 0.462 e. The zero-order chi connectivity index (χ0) is 21.8. The van der Waals surface area contributed by atoms with Crippen molar-refractivity contribution in [3.8, 4) is 5.75 Å². The lowest BCUT2D eigenvalue weighted by Gasteiger charge is -2.44. The van der Waals surface area contributed by atoms with E-state index in [4.69, 9.17) is 18.9 Å². The van der Waals surface area contributed by atoms with Crippen molar-refractivity contribution in [2.45, 2.75) is 68.7 Å². The van der Waals surface area contributed by atoms with Gasteiger partial charge in [0.2, 0.25) is 6.29 Å². The number of hydrogen-bond donors (Lipinski definition) is 5. The van der Waals surface area contributed by atoms with Crippen LogP contribution in [0.25, 0.3) is 0 Å². The number of isothiocyanates is 1. The van der Waals surface area contributed by atoms with Crippen LogP contribution in [0.5, 0.6) is 5.75 Å². The summed E-state index contributed by atoms with van der Waals surface area (Å²) >= 11 is 4.55. The molecule has 0 aliphatic carbocycles. The first-order valence-electron chi connectivity index (χ1n) is 9.48. The number of benzene rings is 1. The molecular weight excluding hydrogens is 418 g/mol. The summed E-state index contributed by atoms with van der Waals surface area (Å²) in [7, 11) is 0. The van der Waals surface area contributed by atoms with Crippen LogP contribution < -0.4 is 4.74 Å². The Labute approximate surface area is 178 Å². The van der Waals surface area contributed by atoms with Gasteiger partial charge in [-0.1, -0.05) is 0 Å². The van der Waals surface area contributed by atoms with Gasteiger partial charge in [-0.05, 0) is 43.4 Å². The summed E-state index contributed by atoms with van der Waals surface area (Å²) < 4.78 is 22.2. The molecule has 9 atom stereocenters. The molecule has 3 rings (SSSR count). The fourth-order valence-corrected chi connectivity index (χ4v) is 3.42. The van der Waals surface area contributed by atoms with Crippen LogP contribution in [0, 0.1) is 0 Å². The highest BCUT2D eigenvalue weighted by atomic mass is 32.1. The molecule has 1 aromatic rings. The van der Waals surface area contributed by atoms with Crippen LogP contribution >= 0.6 is 12.2 Å². The molecule has 0 spiro atoms. The van der Waals surface area contributed by atoms with Crippen LogP contribution in [0.15, 0.2) is 29.3 Å². The second-order valence-electron chi connectivity index (χ2n) is 7.20. The monoisotopic (exact) mass is 443 g/mol. The Morgan fingerprint density at radius 3 is 2.40 bits per heavy atom. The predicted octanol–water partition coefficient (Wildman–Crippen LogP) is -0.519. The molecule has 166 valence electrons. The summed E-state index contributed by atoms with van der Waals surface area (Å²) in [4.78, 5) is 3.83. The number of aliphatic hydroxyl groups is 5. The zero-order valence-electron chi connectivity index (χ0n) is 16.1. The van der Waals surface area contributed by atoms with E-state index in [1.165, 1.54) is 0 Å². The maximum atomic E-state index is 10.7. The molecule has 5 N–H and O–H groups in total. The zero-order valence-corrected chi connectivity index (χ0v) is 17.0. The van der Waals surface area contributed by atoms with E-state index < -0.39 is 61.9 Å². The first-order valence-corrected chi connectivity index (χ1v) is 9.89. The Kier molecular flexibility index (Phi) is 7.88. The van der Waals surface area contributed by atoms with Crippen molar-refractivity contribution < 1.29 is 44.5 Å². The van der Waals surface area contributed by atoms with E-state index in [0.29, 0.717) is 11.4 Å². The lowest BCUT2D eigenvalue weighted by atomic mass is 9.98. The number of thiocarbonyl (C=S) groups is 1. The van der Waals surface area contributed by atoms with Crippen LogP contribution in [0.1, 0.15) is 13.3 Å². The lowest BCUT2D eigenvalue weighted by molar-refractivity contribution is -0.337.